The van der Waals surface area contributed by atoms with Crippen LogP contribution in [0.15, 0.2) is 85.2 Å². The minimum atomic E-state index is 0.129. The maximum atomic E-state index is 6.24. The van der Waals surface area contributed by atoms with Gasteiger partial charge < -0.3 is 14.0 Å². The number of imidazole rings is 1. The number of fused-ring (bicyclic) bond motifs is 2. The Morgan fingerprint density at radius 2 is 1.91 bits per heavy atom. The van der Waals surface area contributed by atoms with Crippen LogP contribution >= 0.6 is 0 Å². The second-order valence-corrected chi connectivity index (χ2v) is 9.52. The van der Waals surface area contributed by atoms with Crippen LogP contribution < -0.4 is 4.74 Å². The fraction of sp³-hybridized carbons (Fsp3) is 0.345. The monoisotopic (exact) mass is 438 g/mol. The van der Waals surface area contributed by atoms with Crippen LogP contribution in [0.25, 0.3) is 0 Å². The van der Waals surface area contributed by atoms with E-state index in [1.54, 1.807) is 0 Å². The first-order valence-electron chi connectivity index (χ1n) is 12.1. The molecule has 3 aliphatic carbocycles. The summed E-state index contributed by atoms with van der Waals surface area (Å²) in [5.74, 6) is 2.85. The Balaban J connectivity index is 1.10. The van der Waals surface area contributed by atoms with Gasteiger partial charge in [-0.2, -0.15) is 0 Å². The standard InChI is InChI=1S/C29H30N2O2/c1-4-11-25(12-5-1)33-28-13-7-6-9-23(28)20-32-19-22-14-15-26-27(17-22)31(21-30-26)29-16-8-2-3-10-24(29)18-29/h1,3-13,16,21-22,24H,2,14-15,17-20H2. The first kappa shape index (κ1) is 20.5. The summed E-state index contributed by atoms with van der Waals surface area (Å²) in [6.45, 7) is 1.32. The van der Waals surface area contributed by atoms with Crippen molar-refractivity contribution in [1.82, 2.24) is 9.55 Å². The third-order valence-electron chi connectivity index (χ3n) is 7.30. The van der Waals surface area contributed by atoms with Crippen LogP contribution in [0.1, 0.15) is 36.2 Å². The van der Waals surface area contributed by atoms with Gasteiger partial charge >= 0.3 is 0 Å². The molecule has 1 aromatic heterocycles. The smallest absolute Gasteiger partial charge is 0.132 e. The van der Waals surface area contributed by atoms with Gasteiger partial charge in [-0.15, -0.1) is 0 Å². The zero-order chi connectivity index (χ0) is 22.1. The lowest BCUT2D eigenvalue weighted by molar-refractivity contribution is 0.0803. The number of aromatic nitrogens is 2. The van der Waals surface area contributed by atoms with E-state index in [-0.39, 0.29) is 5.54 Å². The van der Waals surface area contributed by atoms with Crippen LogP contribution in [0, 0.1) is 11.8 Å². The van der Waals surface area contributed by atoms with Crippen molar-refractivity contribution in [3.05, 3.63) is 102 Å². The molecule has 0 bridgehead atoms. The molecule has 0 spiro atoms. The van der Waals surface area contributed by atoms with Gasteiger partial charge in [0.25, 0.3) is 0 Å². The van der Waals surface area contributed by atoms with Crippen molar-refractivity contribution in [1.29, 1.82) is 0 Å². The van der Waals surface area contributed by atoms with E-state index >= 15 is 0 Å². The van der Waals surface area contributed by atoms with Crippen LogP contribution in [0.5, 0.6) is 11.5 Å². The fourth-order valence-corrected chi connectivity index (χ4v) is 5.40. The van der Waals surface area contributed by atoms with Gasteiger partial charge in [0.2, 0.25) is 0 Å². The zero-order valence-electron chi connectivity index (χ0n) is 18.9. The molecule has 0 radical (unpaired) electrons. The fourth-order valence-electron chi connectivity index (χ4n) is 5.40. The van der Waals surface area contributed by atoms with Crippen molar-refractivity contribution in [2.75, 3.05) is 6.61 Å². The van der Waals surface area contributed by atoms with Gasteiger partial charge in [-0.1, -0.05) is 60.7 Å². The molecule has 3 aromatic rings. The number of allylic oxidation sites excluding steroid dienone is 4. The molecular formula is C29H30N2O2. The molecule has 2 aromatic carbocycles. The normalized spacial score (nSPS) is 25.2. The topological polar surface area (TPSA) is 36.3 Å². The van der Waals surface area contributed by atoms with E-state index in [9.17, 15) is 0 Å². The Morgan fingerprint density at radius 1 is 1.03 bits per heavy atom. The molecule has 6 rings (SSSR count). The summed E-state index contributed by atoms with van der Waals surface area (Å²) in [5.41, 5.74) is 3.92. The predicted molar refractivity (Wildman–Crippen MR) is 129 cm³/mol. The molecule has 0 N–H and O–H groups in total. The van der Waals surface area contributed by atoms with Crippen molar-refractivity contribution in [2.24, 2.45) is 11.8 Å². The van der Waals surface area contributed by atoms with E-state index < -0.39 is 0 Å². The van der Waals surface area contributed by atoms with Crippen molar-refractivity contribution >= 4 is 0 Å². The second kappa shape index (κ2) is 8.68. The lowest BCUT2D eigenvalue weighted by Crippen LogP contribution is -2.25. The van der Waals surface area contributed by atoms with E-state index in [0.29, 0.717) is 18.4 Å². The molecule has 0 saturated heterocycles. The van der Waals surface area contributed by atoms with Gasteiger partial charge in [0.15, 0.2) is 0 Å². The van der Waals surface area contributed by atoms with Crippen LogP contribution in [-0.2, 0) is 29.7 Å². The number of benzene rings is 2. The third kappa shape index (κ3) is 4.04. The first-order valence-corrected chi connectivity index (χ1v) is 12.1. The second-order valence-electron chi connectivity index (χ2n) is 9.52. The third-order valence-corrected chi connectivity index (χ3v) is 7.30. The molecule has 0 aliphatic heterocycles. The van der Waals surface area contributed by atoms with E-state index in [1.807, 2.05) is 48.5 Å². The van der Waals surface area contributed by atoms with Gasteiger partial charge in [-0.05, 0) is 56.2 Å². The van der Waals surface area contributed by atoms with Crippen molar-refractivity contribution < 1.29 is 9.47 Å². The number of ether oxygens (including phenoxy) is 2. The highest BCUT2D eigenvalue weighted by Crippen LogP contribution is 2.54. The number of hydrogen-bond donors (Lipinski definition) is 0. The molecule has 0 amide bonds. The summed E-state index contributed by atoms with van der Waals surface area (Å²) in [7, 11) is 0. The van der Waals surface area contributed by atoms with Gasteiger partial charge in [0.05, 0.1) is 30.8 Å². The average Bonchev–Trinajstić information content (AvgIpc) is 3.44. The largest absolute Gasteiger partial charge is 0.457 e. The maximum absolute atomic E-state index is 6.24. The molecule has 1 heterocycles. The summed E-state index contributed by atoms with van der Waals surface area (Å²) in [6, 6.07) is 18.1. The van der Waals surface area contributed by atoms with Crippen molar-refractivity contribution in [3.8, 4) is 11.5 Å². The highest BCUT2D eigenvalue weighted by atomic mass is 16.5. The summed E-state index contributed by atoms with van der Waals surface area (Å²) in [4.78, 5) is 4.80. The molecule has 33 heavy (non-hydrogen) atoms. The number of aryl methyl sites for hydroxylation is 1. The van der Waals surface area contributed by atoms with Gasteiger partial charge in [-0.3, -0.25) is 0 Å². The van der Waals surface area contributed by atoms with E-state index in [0.717, 1.165) is 49.4 Å². The van der Waals surface area contributed by atoms with Gasteiger partial charge in [-0.25, -0.2) is 4.98 Å². The first-order chi connectivity index (χ1) is 16.3. The highest BCUT2D eigenvalue weighted by Gasteiger charge is 2.53. The quantitative estimate of drug-likeness (QED) is 0.410. The molecule has 4 nitrogen and oxygen atoms in total. The molecular weight excluding hydrogens is 408 g/mol. The Hall–Kier alpha value is -3.11. The predicted octanol–water partition coefficient (Wildman–Crippen LogP) is 6.23. The van der Waals surface area contributed by atoms with Crippen molar-refractivity contribution in [2.45, 2.75) is 44.2 Å². The van der Waals surface area contributed by atoms with E-state index in [1.165, 1.54) is 17.8 Å². The number of para-hydroxylation sites is 2. The molecule has 168 valence electrons. The zero-order valence-corrected chi connectivity index (χ0v) is 18.9. The number of hydrogen-bond acceptors (Lipinski definition) is 3. The van der Waals surface area contributed by atoms with Gasteiger partial charge in [0.1, 0.15) is 11.5 Å². The Labute approximate surface area is 195 Å². The minimum absolute atomic E-state index is 0.129. The summed E-state index contributed by atoms with van der Waals surface area (Å²) in [6.07, 6.45) is 17.0. The molecule has 3 aliphatic rings. The van der Waals surface area contributed by atoms with Crippen molar-refractivity contribution in [3.63, 3.8) is 0 Å². The molecule has 1 saturated carbocycles. The summed E-state index contributed by atoms with van der Waals surface area (Å²) < 4.78 is 14.8. The SMILES string of the molecule is C1=CC2CC2(n2cnc3c2CC(COCc2ccccc2Oc2ccccc2)CC3)C=CC1. The Bertz CT molecular complexity index is 1180. The summed E-state index contributed by atoms with van der Waals surface area (Å²) in [5, 5.41) is 0. The van der Waals surface area contributed by atoms with Crippen LogP contribution in [-0.4, -0.2) is 16.2 Å². The lowest BCUT2D eigenvalue weighted by Gasteiger charge is -2.26. The van der Waals surface area contributed by atoms with Crippen LogP contribution in [0.3, 0.4) is 0 Å². The molecule has 1 fully saturated rings. The summed E-state index contributed by atoms with van der Waals surface area (Å²) >= 11 is 0. The van der Waals surface area contributed by atoms with Crippen LogP contribution in [0.2, 0.25) is 0 Å². The Kier molecular flexibility index (Phi) is 5.39. The highest BCUT2D eigenvalue weighted by molar-refractivity contribution is 5.37. The van der Waals surface area contributed by atoms with E-state index in [2.05, 4.69) is 41.3 Å². The van der Waals surface area contributed by atoms with Crippen LogP contribution in [0.4, 0.5) is 0 Å². The lowest BCUT2D eigenvalue weighted by atomic mass is 9.90. The Morgan fingerprint density at radius 3 is 2.85 bits per heavy atom. The van der Waals surface area contributed by atoms with E-state index in [4.69, 9.17) is 14.5 Å². The average molecular weight is 439 g/mol. The number of nitrogens with zero attached hydrogens (tertiary/aromatic N) is 2. The molecule has 3 unspecified atom stereocenters. The van der Waals surface area contributed by atoms with Gasteiger partial charge in [0, 0.05) is 17.2 Å². The maximum Gasteiger partial charge on any atom is 0.132 e. The number of rotatable bonds is 7. The molecule has 4 heteroatoms. The molecule has 3 atom stereocenters. The minimum Gasteiger partial charge on any atom is -0.457 e.